The van der Waals surface area contributed by atoms with Crippen molar-refractivity contribution in [3.8, 4) is 0 Å². The second-order valence-electron chi connectivity index (χ2n) is 4.74. The molecule has 1 aliphatic rings. The molecular formula is C14H15F2NO4. The molecule has 114 valence electrons. The smallest absolute Gasteiger partial charge is 0.338 e. The molecule has 0 aliphatic carbocycles. The average Bonchev–Trinajstić information content (AvgIpc) is 2.54. The molecule has 1 aromatic rings. The van der Waals surface area contributed by atoms with Crippen molar-refractivity contribution in [2.45, 2.75) is 18.9 Å². The van der Waals surface area contributed by atoms with Crippen LogP contribution in [0.4, 0.5) is 14.6 Å². The zero-order valence-corrected chi connectivity index (χ0v) is 11.5. The molecule has 1 saturated heterocycles. The number of carbonyl (C=O) groups excluding carboxylic acids is 2. The van der Waals surface area contributed by atoms with Crippen molar-refractivity contribution in [2.75, 3.05) is 25.1 Å². The Kier molecular flexibility index (Phi) is 4.85. The van der Waals surface area contributed by atoms with Crippen LogP contribution in [0.25, 0.3) is 0 Å². The first-order valence-electron chi connectivity index (χ1n) is 6.50. The second kappa shape index (κ2) is 6.62. The van der Waals surface area contributed by atoms with Crippen LogP contribution in [-0.4, -0.2) is 38.6 Å². The van der Waals surface area contributed by atoms with E-state index in [9.17, 15) is 18.5 Å². The van der Waals surface area contributed by atoms with Gasteiger partial charge < -0.3 is 9.64 Å². The Morgan fingerprint density at radius 3 is 2.57 bits per heavy atom. The van der Waals surface area contributed by atoms with Crippen LogP contribution in [0.1, 0.15) is 33.6 Å². The van der Waals surface area contributed by atoms with E-state index in [0.29, 0.717) is 32.2 Å². The second-order valence-corrected chi connectivity index (χ2v) is 4.74. The van der Waals surface area contributed by atoms with Gasteiger partial charge in [0.1, 0.15) is 6.10 Å². The normalized spacial score (nSPS) is 15.9. The van der Waals surface area contributed by atoms with Crippen molar-refractivity contribution in [1.29, 1.82) is 0 Å². The van der Waals surface area contributed by atoms with Crippen molar-refractivity contribution in [2.24, 2.45) is 0 Å². The summed E-state index contributed by atoms with van der Waals surface area (Å²) in [5.74, 6) is -1.54. The van der Waals surface area contributed by atoms with Crippen molar-refractivity contribution in [3.05, 3.63) is 29.1 Å². The first-order valence-corrected chi connectivity index (χ1v) is 6.50. The Labute approximate surface area is 120 Å². The van der Waals surface area contributed by atoms with Gasteiger partial charge in [-0.1, -0.05) is 0 Å². The summed E-state index contributed by atoms with van der Waals surface area (Å²) in [5.41, 5.74) is -0.235. The lowest BCUT2D eigenvalue weighted by atomic mass is 10.0. The van der Waals surface area contributed by atoms with Gasteiger partial charge in [0.2, 0.25) is 0 Å². The Bertz CT molecular complexity index is 542. The molecule has 1 heterocycles. The Morgan fingerprint density at radius 1 is 1.38 bits per heavy atom. The highest BCUT2D eigenvalue weighted by molar-refractivity contribution is 5.99. The van der Waals surface area contributed by atoms with Crippen LogP contribution in [-0.2, 0) is 9.68 Å². The number of anilines is 1. The average molecular weight is 299 g/mol. The highest BCUT2D eigenvalue weighted by Gasteiger charge is 2.25. The van der Waals surface area contributed by atoms with Crippen LogP contribution in [0.5, 0.6) is 0 Å². The molecule has 0 spiro atoms. The molecule has 1 fully saturated rings. The number of piperidine rings is 1. The van der Waals surface area contributed by atoms with Gasteiger partial charge in [0, 0.05) is 13.1 Å². The molecule has 0 atom stereocenters. The number of esters is 1. The van der Waals surface area contributed by atoms with E-state index in [-0.39, 0.29) is 16.8 Å². The van der Waals surface area contributed by atoms with Crippen molar-refractivity contribution in [1.82, 2.24) is 0 Å². The maximum atomic E-state index is 14.4. The predicted molar refractivity (Wildman–Crippen MR) is 70.6 cm³/mol. The summed E-state index contributed by atoms with van der Waals surface area (Å²) in [4.78, 5) is 28.0. The number of rotatable bonds is 4. The van der Waals surface area contributed by atoms with Crippen LogP contribution < -0.4 is 4.90 Å². The molecule has 21 heavy (non-hydrogen) atoms. The van der Waals surface area contributed by atoms with E-state index in [1.165, 1.54) is 12.1 Å². The molecule has 0 aromatic heterocycles. The van der Waals surface area contributed by atoms with E-state index in [1.807, 2.05) is 0 Å². The van der Waals surface area contributed by atoms with Crippen molar-refractivity contribution < 1.29 is 28.2 Å². The van der Waals surface area contributed by atoms with Gasteiger partial charge in [0.05, 0.1) is 23.9 Å². The van der Waals surface area contributed by atoms with Gasteiger partial charge in [0.25, 0.3) is 0 Å². The number of aldehydes is 1. The number of carbonyl (C=O) groups is 2. The summed E-state index contributed by atoms with van der Waals surface area (Å²) in [6, 6.07) is 2.77. The zero-order valence-electron chi connectivity index (χ0n) is 11.5. The van der Waals surface area contributed by atoms with Gasteiger partial charge >= 0.3 is 5.97 Å². The Morgan fingerprint density at radius 2 is 2.05 bits per heavy atom. The molecule has 0 radical (unpaired) electrons. The lowest BCUT2D eigenvalue weighted by molar-refractivity contribution is -0.183. The maximum absolute atomic E-state index is 14.4. The number of hydrogen-bond acceptors (Lipinski definition) is 5. The van der Waals surface area contributed by atoms with Gasteiger partial charge in [-0.25, -0.2) is 9.18 Å². The third-order valence-corrected chi connectivity index (χ3v) is 3.59. The molecule has 1 aromatic carbocycles. The third kappa shape index (κ3) is 3.02. The molecule has 2 rings (SSSR count). The van der Waals surface area contributed by atoms with Gasteiger partial charge in [-0.2, -0.15) is 4.94 Å². The van der Waals surface area contributed by atoms with Crippen molar-refractivity contribution >= 4 is 17.9 Å². The van der Waals surface area contributed by atoms with E-state index in [2.05, 4.69) is 9.68 Å². The monoisotopic (exact) mass is 299 g/mol. The Balaban J connectivity index is 2.30. The fourth-order valence-corrected chi connectivity index (χ4v) is 2.41. The molecule has 0 bridgehead atoms. The summed E-state index contributed by atoms with van der Waals surface area (Å²) in [6.45, 7) is 0.808. The molecule has 0 amide bonds. The summed E-state index contributed by atoms with van der Waals surface area (Å²) >= 11 is 0. The van der Waals surface area contributed by atoms with Gasteiger partial charge in [0.15, 0.2) is 12.1 Å². The fourth-order valence-electron chi connectivity index (χ4n) is 2.41. The summed E-state index contributed by atoms with van der Waals surface area (Å²) in [5, 5.41) is 0. The molecule has 1 aliphatic heterocycles. The number of ether oxygens (including phenoxy) is 1. The number of nitrogens with zero attached hydrogens (tertiary/aromatic N) is 1. The number of hydrogen-bond donors (Lipinski definition) is 0. The van der Waals surface area contributed by atoms with Crippen LogP contribution in [0.3, 0.4) is 0 Å². The summed E-state index contributed by atoms with van der Waals surface area (Å²) < 4.78 is 31.0. The van der Waals surface area contributed by atoms with Gasteiger partial charge in [-0.3, -0.25) is 4.79 Å². The first kappa shape index (κ1) is 15.4. The van der Waals surface area contributed by atoms with E-state index < -0.39 is 17.9 Å². The molecule has 0 N–H and O–H groups in total. The minimum atomic E-state index is -0.771. The third-order valence-electron chi connectivity index (χ3n) is 3.59. The SMILES string of the molecule is COC(=O)c1ccc(N2CCC(OF)CC2)c(F)c1C=O. The van der Waals surface area contributed by atoms with Gasteiger partial charge in [-0.05, 0) is 29.5 Å². The topological polar surface area (TPSA) is 55.8 Å². The van der Waals surface area contributed by atoms with E-state index in [0.717, 1.165) is 7.11 Å². The summed E-state index contributed by atoms with van der Waals surface area (Å²) in [7, 11) is 1.16. The van der Waals surface area contributed by atoms with Crippen LogP contribution in [0.2, 0.25) is 0 Å². The maximum Gasteiger partial charge on any atom is 0.338 e. The molecular weight excluding hydrogens is 284 g/mol. The number of benzene rings is 1. The first-order chi connectivity index (χ1) is 10.1. The highest BCUT2D eigenvalue weighted by atomic mass is 19.3. The molecule has 0 saturated carbocycles. The summed E-state index contributed by atoms with van der Waals surface area (Å²) in [6.07, 6.45) is 0.655. The zero-order chi connectivity index (χ0) is 15.4. The molecule has 5 nitrogen and oxygen atoms in total. The minimum absolute atomic E-state index is 0.115. The van der Waals surface area contributed by atoms with Gasteiger partial charge in [-0.15, -0.1) is 0 Å². The van der Waals surface area contributed by atoms with Crippen molar-refractivity contribution in [3.63, 3.8) is 0 Å². The van der Waals surface area contributed by atoms with E-state index in [4.69, 9.17) is 0 Å². The minimum Gasteiger partial charge on any atom is -0.465 e. The lowest BCUT2D eigenvalue weighted by Crippen LogP contribution is -2.37. The largest absolute Gasteiger partial charge is 0.465 e. The fraction of sp³-hybridized carbons (Fsp3) is 0.429. The quantitative estimate of drug-likeness (QED) is 0.630. The number of methoxy groups -OCH3 is 1. The Hall–Kier alpha value is -2.02. The van der Waals surface area contributed by atoms with E-state index in [1.54, 1.807) is 4.90 Å². The van der Waals surface area contributed by atoms with Crippen LogP contribution >= 0.6 is 0 Å². The van der Waals surface area contributed by atoms with E-state index >= 15 is 0 Å². The molecule has 7 heteroatoms. The molecule has 0 unspecified atom stereocenters. The number of halogens is 2. The predicted octanol–water partition coefficient (Wildman–Crippen LogP) is 2.29. The highest BCUT2D eigenvalue weighted by Crippen LogP contribution is 2.28. The standard InChI is InChI=1S/C14H15F2NO4/c1-20-14(19)10-2-3-12(13(15)11(10)8-18)17-6-4-9(21-16)5-7-17/h2-3,8-9H,4-7H2,1H3. The van der Waals surface area contributed by atoms with Crippen LogP contribution in [0.15, 0.2) is 12.1 Å². The lowest BCUT2D eigenvalue weighted by Gasteiger charge is -2.32. The van der Waals surface area contributed by atoms with Crippen LogP contribution in [0, 0.1) is 5.82 Å².